The van der Waals surface area contributed by atoms with E-state index >= 15 is 0 Å². The summed E-state index contributed by atoms with van der Waals surface area (Å²) >= 11 is 0. The van der Waals surface area contributed by atoms with Crippen LogP contribution in [0.25, 0.3) is 0 Å². The standard InChI is InChI=1S/C16H14O5/c1-18-15-6-11(8-17)2-4-13(15)19-9-12-3-5-14-16(7-12)21-10-20-14/h2-8H,9-10H2,1H3. The van der Waals surface area contributed by atoms with Crippen molar-refractivity contribution in [3.63, 3.8) is 0 Å². The maximum absolute atomic E-state index is 10.8. The van der Waals surface area contributed by atoms with Crippen LogP contribution in [0.15, 0.2) is 36.4 Å². The molecule has 0 atom stereocenters. The Bertz CT molecular complexity index is 666. The van der Waals surface area contributed by atoms with Gasteiger partial charge in [0.1, 0.15) is 12.9 Å². The molecule has 1 heterocycles. The Kier molecular flexibility index (Phi) is 3.64. The molecule has 21 heavy (non-hydrogen) atoms. The molecule has 1 aliphatic rings. The number of carbonyl (C=O) groups is 1. The molecule has 108 valence electrons. The highest BCUT2D eigenvalue weighted by Crippen LogP contribution is 2.33. The molecule has 0 N–H and O–H groups in total. The minimum Gasteiger partial charge on any atom is -0.493 e. The van der Waals surface area contributed by atoms with Gasteiger partial charge >= 0.3 is 0 Å². The van der Waals surface area contributed by atoms with Crippen molar-refractivity contribution in [2.45, 2.75) is 6.61 Å². The molecule has 0 saturated heterocycles. The molecule has 0 aromatic heterocycles. The van der Waals surface area contributed by atoms with E-state index in [1.54, 1.807) is 18.2 Å². The van der Waals surface area contributed by atoms with E-state index in [9.17, 15) is 4.79 Å². The van der Waals surface area contributed by atoms with E-state index in [4.69, 9.17) is 18.9 Å². The molecule has 5 nitrogen and oxygen atoms in total. The van der Waals surface area contributed by atoms with Crippen LogP contribution in [0.4, 0.5) is 0 Å². The number of aldehydes is 1. The van der Waals surface area contributed by atoms with Crippen LogP contribution in [-0.4, -0.2) is 20.2 Å². The topological polar surface area (TPSA) is 54.0 Å². The second-order valence-corrected chi connectivity index (χ2v) is 4.50. The molecule has 2 aromatic carbocycles. The van der Waals surface area contributed by atoms with E-state index < -0.39 is 0 Å². The third kappa shape index (κ3) is 2.76. The first-order valence-corrected chi connectivity index (χ1v) is 6.44. The minimum absolute atomic E-state index is 0.251. The monoisotopic (exact) mass is 286 g/mol. The zero-order valence-electron chi connectivity index (χ0n) is 11.5. The number of hydrogen-bond acceptors (Lipinski definition) is 5. The third-order valence-electron chi connectivity index (χ3n) is 3.16. The highest BCUT2D eigenvalue weighted by molar-refractivity contribution is 5.76. The average molecular weight is 286 g/mol. The SMILES string of the molecule is COc1cc(C=O)ccc1OCc1ccc2c(c1)OCO2. The summed E-state index contributed by atoms with van der Waals surface area (Å²) in [6, 6.07) is 10.7. The summed E-state index contributed by atoms with van der Waals surface area (Å²) in [6.07, 6.45) is 0.768. The van der Waals surface area contributed by atoms with Crippen LogP contribution in [-0.2, 0) is 6.61 Å². The Balaban J connectivity index is 1.74. The summed E-state index contributed by atoms with van der Waals surface area (Å²) in [5.74, 6) is 2.58. The predicted octanol–water partition coefficient (Wildman–Crippen LogP) is 2.82. The number of benzene rings is 2. The van der Waals surface area contributed by atoms with Crippen molar-refractivity contribution < 1.29 is 23.7 Å². The molecule has 1 aliphatic heterocycles. The summed E-state index contributed by atoms with van der Waals surface area (Å²) in [7, 11) is 1.54. The van der Waals surface area contributed by atoms with E-state index in [2.05, 4.69) is 0 Å². The summed E-state index contributed by atoms with van der Waals surface area (Å²) in [4.78, 5) is 10.8. The molecule has 0 radical (unpaired) electrons. The van der Waals surface area contributed by atoms with Crippen LogP contribution in [0.5, 0.6) is 23.0 Å². The van der Waals surface area contributed by atoms with Gasteiger partial charge in [0, 0.05) is 5.56 Å². The Labute approximate surface area is 122 Å². The van der Waals surface area contributed by atoms with Crippen molar-refractivity contribution in [3.8, 4) is 23.0 Å². The number of ether oxygens (including phenoxy) is 4. The van der Waals surface area contributed by atoms with Gasteiger partial charge in [-0.05, 0) is 35.9 Å². The fraction of sp³-hybridized carbons (Fsp3) is 0.188. The normalized spacial score (nSPS) is 12.0. The lowest BCUT2D eigenvalue weighted by Crippen LogP contribution is -1.98. The van der Waals surface area contributed by atoms with Crippen LogP contribution in [0, 0.1) is 0 Å². The van der Waals surface area contributed by atoms with Gasteiger partial charge in [0.15, 0.2) is 23.0 Å². The number of hydrogen-bond donors (Lipinski definition) is 0. The average Bonchev–Trinajstić information content (AvgIpc) is 3.00. The Morgan fingerprint density at radius 2 is 1.95 bits per heavy atom. The van der Waals surface area contributed by atoms with Gasteiger partial charge in [-0.1, -0.05) is 6.07 Å². The van der Waals surface area contributed by atoms with E-state index in [0.29, 0.717) is 23.7 Å². The highest BCUT2D eigenvalue weighted by atomic mass is 16.7. The molecule has 0 saturated carbocycles. The maximum Gasteiger partial charge on any atom is 0.231 e. The molecule has 5 heteroatoms. The lowest BCUT2D eigenvalue weighted by atomic mass is 10.2. The van der Waals surface area contributed by atoms with Gasteiger partial charge in [-0.15, -0.1) is 0 Å². The summed E-state index contributed by atoms with van der Waals surface area (Å²) in [6.45, 7) is 0.619. The Morgan fingerprint density at radius 3 is 2.76 bits per heavy atom. The van der Waals surface area contributed by atoms with Crippen LogP contribution in [0.3, 0.4) is 0 Å². The molecule has 0 unspecified atom stereocenters. The van der Waals surface area contributed by atoms with Gasteiger partial charge in [-0.2, -0.15) is 0 Å². The van der Waals surface area contributed by atoms with Crippen molar-refractivity contribution in [3.05, 3.63) is 47.5 Å². The lowest BCUT2D eigenvalue weighted by Gasteiger charge is -2.11. The molecule has 0 aliphatic carbocycles. The van der Waals surface area contributed by atoms with E-state index in [0.717, 1.165) is 23.3 Å². The summed E-state index contributed by atoms with van der Waals surface area (Å²) < 4.78 is 21.5. The van der Waals surface area contributed by atoms with Crippen LogP contribution >= 0.6 is 0 Å². The maximum atomic E-state index is 10.8. The zero-order chi connectivity index (χ0) is 14.7. The van der Waals surface area contributed by atoms with E-state index in [1.165, 1.54) is 7.11 Å². The fourth-order valence-electron chi connectivity index (χ4n) is 2.07. The van der Waals surface area contributed by atoms with Crippen molar-refractivity contribution in [1.82, 2.24) is 0 Å². The van der Waals surface area contributed by atoms with Gasteiger partial charge < -0.3 is 18.9 Å². The second-order valence-electron chi connectivity index (χ2n) is 4.50. The smallest absolute Gasteiger partial charge is 0.231 e. The fourth-order valence-corrected chi connectivity index (χ4v) is 2.07. The summed E-state index contributed by atoms with van der Waals surface area (Å²) in [5, 5.41) is 0. The second kappa shape index (κ2) is 5.75. The summed E-state index contributed by atoms with van der Waals surface area (Å²) in [5.41, 5.74) is 1.50. The number of carbonyl (C=O) groups excluding carboxylic acids is 1. The molecule has 0 bridgehead atoms. The molecule has 3 rings (SSSR count). The first-order valence-electron chi connectivity index (χ1n) is 6.44. The van der Waals surface area contributed by atoms with Crippen molar-refractivity contribution in [1.29, 1.82) is 0 Å². The zero-order valence-corrected chi connectivity index (χ0v) is 11.5. The molecule has 2 aromatic rings. The Morgan fingerprint density at radius 1 is 1.10 bits per heavy atom. The quantitative estimate of drug-likeness (QED) is 0.791. The number of rotatable bonds is 5. The van der Waals surface area contributed by atoms with E-state index in [1.807, 2.05) is 18.2 Å². The minimum atomic E-state index is 0.251. The predicted molar refractivity (Wildman–Crippen MR) is 75.3 cm³/mol. The van der Waals surface area contributed by atoms with Crippen LogP contribution < -0.4 is 18.9 Å². The first-order chi connectivity index (χ1) is 10.3. The largest absolute Gasteiger partial charge is 0.493 e. The van der Waals surface area contributed by atoms with Crippen LogP contribution in [0.2, 0.25) is 0 Å². The first kappa shape index (κ1) is 13.3. The molecular formula is C16H14O5. The van der Waals surface area contributed by atoms with Gasteiger partial charge in [0.2, 0.25) is 6.79 Å². The van der Waals surface area contributed by atoms with Crippen molar-refractivity contribution in [2.75, 3.05) is 13.9 Å². The van der Waals surface area contributed by atoms with Gasteiger partial charge in [-0.25, -0.2) is 0 Å². The van der Waals surface area contributed by atoms with Gasteiger partial charge in [-0.3, -0.25) is 4.79 Å². The van der Waals surface area contributed by atoms with E-state index in [-0.39, 0.29) is 6.79 Å². The van der Waals surface area contributed by atoms with Gasteiger partial charge in [0.25, 0.3) is 0 Å². The molecule has 0 spiro atoms. The third-order valence-corrected chi connectivity index (χ3v) is 3.16. The Hall–Kier alpha value is -2.69. The lowest BCUT2D eigenvalue weighted by molar-refractivity contribution is 0.112. The van der Waals surface area contributed by atoms with Crippen LogP contribution in [0.1, 0.15) is 15.9 Å². The highest BCUT2D eigenvalue weighted by Gasteiger charge is 2.13. The number of methoxy groups -OCH3 is 1. The van der Waals surface area contributed by atoms with Crippen molar-refractivity contribution in [2.24, 2.45) is 0 Å². The number of fused-ring (bicyclic) bond motifs is 1. The van der Waals surface area contributed by atoms with Crippen molar-refractivity contribution >= 4 is 6.29 Å². The molecular weight excluding hydrogens is 272 g/mol. The molecule has 0 fully saturated rings. The molecule has 0 amide bonds. The van der Waals surface area contributed by atoms with Gasteiger partial charge in [0.05, 0.1) is 7.11 Å².